The van der Waals surface area contributed by atoms with Crippen LogP contribution in [0.1, 0.15) is 38.8 Å². The smallest absolute Gasteiger partial charge is 0.232 e. The number of hydrogen-bond acceptors (Lipinski definition) is 3. The average Bonchev–Trinajstić information content (AvgIpc) is 3.19. The van der Waals surface area contributed by atoms with Crippen molar-refractivity contribution < 1.29 is 13.7 Å². The van der Waals surface area contributed by atoms with Crippen molar-refractivity contribution in [1.29, 1.82) is 0 Å². The van der Waals surface area contributed by atoms with E-state index in [4.69, 9.17) is 4.52 Å². The summed E-state index contributed by atoms with van der Waals surface area (Å²) in [5.41, 5.74) is 0.349. The van der Waals surface area contributed by atoms with E-state index in [1.54, 1.807) is 24.3 Å². The zero-order chi connectivity index (χ0) is 15.7. The minimum atomic E-state index is -0.601. The van der Waals surface area contributed by atoms with Gasteiger partial charge in [-0.2, -0.15) is 0 Å². The summed E-state index contributed by atoms with van der Waals surface area (Å²) < 4.78 is 19.1. The van der Waals surface area contributed by atoms with Gasteiger partial charge in [-0.05, 0) is 38.3 Å². The number of rotatable bonds is 5. The van der Waals surface area contributed by atoms with Gasteiger partial charge < -0.3 is 9.84 Å². The fourth-order valence-electron chi connectivity index (χ4n) is 2.48. The molecule has 0 saturated heterocycles. The highest BCUT2D eigenvalue weighted by atomic mass is 19.1. The van der Waals surface area contributed by atoms with E-state index in [0.29, 0.717) is 17.0 Å². The van der Waals surface area contributed by atoms with E-state index >= 15 is 0 Å². The number of carbonyl (C=O) groups excluding carboxylic acids is 1. The molecule has 1 amide bonds. The molecular formula is C17H19FN2O2. The van der Waals surface area contributed by atoms with Crippen molar-refractivity contribution in [3.63, 3.8) is 0 Å². The number of nitrogens with zero attached hydrogens (tertiary/aromatic N) is 1. The van der Waals surface area contributed by atoms with Gasteiger partial charge in [0.1, 0.15) is 5.82 Å². The number of benzene rings is 1. The predicted octanol–water partition coefficient (Wildman–Crippen LogP) is 3.43. The standard InChI is InChI=1S/C17H19FN2O2/c1-3-11(2)19-16(21)17(8-9-17)15-10-14(22-20-15)12-6-4-5-7-13(12)18/h4-7,10-11H,3,8-9H2,1-2H3,(H,19,21). The Morgan fingerprint density at radius 2 is 2.18 bits per heavy atom. The molecule has 1 aliphatic carbocycles. The summed E-state index contributed by atoms with van der Waals surface area (Å²) in [6.45, 7) is 4.00. The molecule has 22 heavy (non-hydrogen) atoms. The molecule has 1 aromatic carbocycles. The SMILES string of the molecule is CCC(C)NC(=O)C1(c2cc(-c3ccccc3F)on2)CC1. The Balaban J connectivity index is 1.85. The molecule has 1 atom stereocenters. The summed E-state index contributed by atoms with van der Waals surface area (Å²) in [6, 6.07) is 8.18. The molecule has 0 spiro atoms. The van der Waals surface area contributed by atoms with Crippen molar-refractivity contribution in [2.45, 2.75) is 44.6 Å². The molecule has 1 aliphatic rings. The van der Waals surface area contributed by atoms with E-state index in [1.807, 2.05) is 13.8 Å². The molecule has 0 bridgehead atoms. The molecule has 2 aromatic rings. The fourth-order valence-corrected chi connectivity index (χ4v) is 2.48. The lowest BCUT2D eigenvalue weighted by Gasteiger charge is -2.16. The van der Waals surface area contributed by atoms with Crippen LogP contribution in [0.4, 0.5) is 4.39 Å². The molecule has 3 rings (SSSR count). The van der Waals surface area contributed by atoms with Crippen LogP contribution in [0.2, 0.25) is 0 Å². The van der Waals surface area contributed by atoms with Crippen LogP contribution in [-0.4, -0.2) is 17.1 Å². The van der Waals surface area contributed by atoms with E-state index < -0.39 is 5.41 Å². The van der Waals surface area contributed by atoms with Gasteiger partial charge in [-0.15, -0.1) is 0 Å². The van der Waals surface area contributed by atoms with Crippen molar-refractivity contribution in [1.82, 2.24) is 10.5 Å². The van der Waals surface area contributed by atoms with Gasteiger partial charge in [0.15, 0.2) is 5.76 Å². The summed E-state index contributed by atoms with van der Waals surface area (Å²) in [6.07, 6.45) is 2.37. The van der Waals surface area contributed by atoms with Gasteiger partial charge in [0, 0.05) is 12.1 Å². The first-order valence-corrected chi connectivity index (χ1v) is 7.60. The van der Waals surface area contributed by atoms with Crippen molar-refractivity contribution in [3.05, 3.63) is 41.8 Å². The highest BCUT2D eigenvalue weighted by Crippen LogP contribution is 2.48. The second-order valence-corrected chi connectivity index (χ2v) is 5.92. The Bertz CT molecular complexity index is 691. The Morgan fingerprint density at radius 1 is 1.45 bits per heavy atom. The number of carbonyl (C=O) groups is 1. The summed E-state index contributed by atoms with van der Waals surface area (Å²) in [4.78, 5) is 12.4. The zero-order valence-corrected chi connectivity index (χ0v) is 12.7. The van der Waals surface area contributed by atoms with Gasteiger partial charge in [0.05, 0.1) is 16.7 Å². The second-order valence-electron chi connectivity index (χ2n) is 5.92. The first-order valence-electron chi connectivity index (χ1n) is 7.60. The topological polar surface area (TPSA) is 55.1 Å². The van der Waals surface area contributed by atoms with Crippen molar-refractivity contribution in [3.8, 4) is 11.3 Å². The highest BCUT2D eigenvalue weighted by molar-refractivity contribution is 5.91. The van der Waals surface area contributed by atoms with E-state index in [9.17, 15) is 9.18 Å². The predicted molar refractivity (Wildman–Crippen MR) is 80.7 cm³/mol. The van der Waals surface area contributed by atoms with Crippen molar-refractivity contribution >= 4 is 5.91 Å². The highest BCUT2D eigenvalue weighted by Gasteiger charge is 2.54. The Morgan fingerprint density at radius 3 is 2.82 bits per heavy atom. The minimum absolute atomic E-state index is 0.0183. The normalized spacial score (nSPS) is 17.0. The largest absolute Gasteiger partial charge is 0.356 e. The molecule has 0 aliphatic heterocycles. The summed E-state index contributed by atoms with van der Waals surface area (Å²) >= 11 is 0. The molecule has 1 fully saturated rings. The van der Waals surface area contributed by atoms with Gasteiger partial charge in [-0.1, -0.05) is 24.2 Å². The molecule has 1 heterocycles. The van der Waals surface area contributed by atoms with Crippen LogP contribution in [0.3, 0.4) is 0 Å². The van der Waals surface area contributed by atoms with Crippen molar-refractivity contribution in [2.75, 3.05) is 0 Å². The van der Waals surface area contributed by atoms with E-state index in [2.05, 4.69) is 10.5 Å². The zero-order valence-electron chi connectivity index (χ0n) is 12.7. The maximum Gasteiger partial charge on any atom is 0.232 e. The lowest BCUT2D eigenvalue weighted by atomic mass is 9.99. The molecule has 116 valence electrons. The Hall–Kier alpha value is -2.17. The van der Waals surface area contributed by atoms with Gasteiger partial charge in [0.2, 0.25) is 5.91 Å². The molecule has 1 unspecified atom stereocenters. The Kier molecular flexibility index (Phi) is 3.72. The second kappa shape index (κ2) is 5.55. The molecule has 5 heteroatoms. The number of nitrogens with one attached hydrogen (secondary N) is 1. The first kappa shape index (κ1) is 14.8. The maximum absolute atomic E-state index is 13.8. The van der Waals surface area contributed by atoms with Crippen LogP contribution in [-0.2, 0) is 10.2 Å². The van der Waals surface area contributed by atoms with Crippen LogP contribution in [0.5, 0.6) is 0 Å². The number of amides is 1. The Labute approximate surface area is 128 Å². The van der Waals surface area contributed by atoms with Gasteiger partial charge in [0.25, 0.3) is 0 Å². The quantitative estimate of drug-likeness (QED) is 0.920. The lowest BCUT2D eigenvalue weighted by molar-refractivity contribution is -0.124. The van der Waals surface area contributed by atoms with Crippen LogP contribution in [0.15, 0.2) is 34.9 Å². The number of hydrogen-bond donors (Lipinski definition) is 1. The molecular weight excluding hydrogens is 283 g/mol. The number of aromatic nitrogens is 1. The van der Waals surface area contributed by atoms with E-state index in [1.165, 1.54) is 6.07 Å². The third-order valence-electron chi connectivity index (χ3n) is 4.31. The first-order chi connectivity index (χ1) is 10.6. The van der Waals surface area contributed by atoms with Crippen LogP contribution >= 0.6 is 0 Å². The third kappa shape index (κ3) is 2.51. The van der Waals surface area contributed by atoms with Crippen LogP contribution in [0, 0.1) is 5.82 Å². The van der Waals surface area contributed by atoms with Gasteiger partial charge in [-0.3, -0.25) is 4.79 Å². The maximum atomic E-state index is 13.8. The third-order valence-corrected chi connectivity index (χ3v) is 4.31. The fraction of sp³-hybridized carbons (Fsp3) is 0.412. The minimum Gasteiger partial charge on any atom is -0.356 e. The van der Waals surface area contributed by atoms with Gasteiger partial charge in [-0.25, -0.2) is 4.39 Å². The molecule has 4 nitrogen and oxygen atoms in total. The average molecular weight is 302 g/mol. The lowest BCUT2D eigenvalue weighted by Crippen LogP contribution is -2.40. The molecule has 1 aromatic heterocycles. The molecule has 1 saturated carbocycles. The summed E-state index contributed by atoms with van der Waals surface area (Å²) in [5.74, 6) is -0.0231. The van der Waals surface area contributed by atoms with Crippen molar-refractivity contribution in [2.24, 2.45) is 0 Å². The van der Waals surface area contributed by atoms with E-state index in [-0.39, 0.29) is 17.8 Å². The van der Waals surface area contributed by atoms with Crippen LogP contribution in [0.25, 0.3) is 11.3 Å². The van der Waals surface area contributed by atoms with E-state index in [0.717, 1.165) is 19.3 Å². The van der Waals surface area contributed by atoms with Gasteiger partial charge >= 0.3 is 0 Å². The molecule has 1 N–H and O–H groups in total. The molecule has 0 radical (unpaired) electrons. The monoisotopic (exact) mass is 302 g/mol. The summed E-state index contributed by atoms with van der Waals surface area (Å²) in [5, 5.41) is 7.02. The summed E-state index contributed by atoms with van der Waals surface area (Å²) in [7, 11) is 0. The van der Waals surface area contributed by atoms with Crippen LogP contribution < -0.4 is 5.32 Å². The number of halogens is 1.